The Bertz CT molecular complexity index is 853. The van der Waals surface area contributed by atoms with E-state index in [2.05, 4.69) is 54.0 Å². The van der Waals surface area contributed by atoms with E-state index in [1.807, 2.05) is 6.92 Å². The van der Waals surface area contributed by atoms with E-state index < -0.39 is 0 Å². The van der Waals surface area contributed by atoms with E-state index in [0.717, 1.165) is 44.9 Å². The zero-order chi connectivity index (χ0) is 23.3. The Morgan fingerprint density at radius 2 is 1.76 bits per heavy atom. The third kappa shape index (κ3) is 3.73. The summed E-state index contributed by atoms with van der Waals surface area (Å²) >= 11 is 0. The van der Waals surface area contributed by atoms with Gasteiger partial charge in [-0.25, -0.2) is 0 Å². The minimum absolute atomic E-state index is 0. The largest absolute Gasteiger partial charge is 0.425 e. The van der Waals surface area contributed by atoms with Crippen LogP contribution in [0.25, 0.3) is 0 Å². The predicted molar refractivity (Wildman–Crippen MR) is 131 cm³/mol. The second kappa shape index (κ2) is 9.14. The molecule has 4 fully saturated rings. The number of hydrogen-bond donors (Lipinski definition) is 1. The molecular weight excluding hydrogens is 627 g/mol. The molecule has 191 valence electrons. The Labute approximate surface area is 235 Å². The first-order chi connectivity index (χ1) is 14.8. The maximum atomic E-state index is 13.1. The number of aliphatic hydroxyl groups excluding tert-OH is 1. The standard InChI is InChI=1S/C30H46O2.V.W/c1-19-21-10-13-29(7)25(27(21,5)12-11-24(19)32)9-8-22-23-18-26(3,4)14-16-30(23,20(2)31)17-15-28(22,29)6;;/h8,17,21,23-25,32H,9-16,18H2,1-7H3;;/q-2;;/t21-,23?,24-,25?,27?,28+,29-,30+;;/m0../s1. The number of carbonyl (C=O) groups is 1. The van der Waals surface area contributed by atoms with Gasteiger partial charge in [-0.2, -0.15) is 19.3 Å². The first-order valence-electron chi connectivity index (χ1n) is 13.4. The van der Waals surface area contributed by atoms with Crippen LogP contribution in [-0.2, 0) is 44.4 Å². The molecule has 34 heavy (non-hydrogen) atoms. The van der Waals surface area contributed by atoms with Gasteiger partial charge >= 0.3 is 0 Å². The molecule has 5 aliphatic carbocycles. The van der Waals surface area contributed by atoms with Crippen molar-refractivity contribution >= 4 is 5.78 Å². The van der Waals surface area contributed by atoms with Gasteiger partial charge in [-0.05, 0) is 67.1 Å². The van der Waals surface area contributed by atoms with E-state index in [9.17, 15) is 9.90 Å². The summed E-state index contributed by atoms with van der Waals surface area (Å²) in [5.41, 5.74) is 2.40. The zero-order valence-corrected chi connectivity index (χ0v) is 26.9. The molecule has 3 unspecified atom stereocenters. The van der Waals surface area contributed by atoms with Gasteiger partial charge in [0.1, 0.15) is 5.78 Å². The fourth-order valence-electron chi connectivity index (χ4n) is 9.93. The van der Waals surface area contributed by atoms with E-state index in [4.69, 9.17) is 0 Å². The van der Waals surface area contributed by atoms with Gasteiger partial charge < -0.3 is 16.3 Å². The first-order valence-corrected chi connectivity index (χ1v) is 13.4. The van der Waals surface area contributed by atoms with Gasteiger partial charge in [0.05, 0.1) is 0 Å². The number of aliphatic hydroxyl groups is 1. The van der Waals surface area contributed by atoms with Crippen LogP contribution in [0.15, 0.2) is 11.6 Å². The summed E-state index contributed by atoms with van der Waals surface area (Å²) in [6, 6.07) is 0. The maximum absolute atomic E-state index is 13.1. The van der Waals surface area contributed by atoms with E-state index >= 15 is 0 Å². The van der Waals surface area contributed by atoms with Crippen LogP contribution in [0.3, 0.4) is 0 Å². The van der Waals surface area contributed by atoms with Gasteiger partial charge in [0.15, 0.2) is 0 Å². The van der Waals surface area contributed by atoms with Gasteiger partial charge in [0.2, 0.25) is 0 Å². The summed E-state index contributed by atoms with van der Waals surface area (Å²) in [5, 5.41) is 10.6. The molecule has 0 aromatic rings. The molecule has 2 nitrogen and oxygen atoms in total. The molecule has 0 aliphatic heterocycles. The van der Waals surface area contributed by atoms with E-state index in [1.165, 1.54) is 18.8 Å². The number of hydrogen-bond acceptors (Lipinski definition) is 2. The Hall–Kier alpha value is 0.643. The predicted octanol–water partition coefficient (Wildman–Crippen LogP) is 7.12. The fraction of sp³-hybridized carbons (Fsp3) is 0.833. The Balaban J connectivity index is 0.00000162. The van der Waals surface area contributed by atoms with Crippen molar-refractivity contribution in [3.8, 4) is 0 Å². The molecule has 0 aromatic carbocycles. The number of Topliss-reactive ketones (excluding diaryl/α,β-unsaturated/α-hetero) is 1. The molecular formula is C30H46O2VW-2. The normalized spacial score (nSPS) is 49.6. The van der Waals surface area contributed by atoms with Crippen LogP contribution in [0.5, 0.6) is 0 Å². The van der Waals surface area contributed by atoms with Crippen molar-refractivity contribution in [2.45, 2.75) is 112 Å². The number of ketones is 1. The topological polar surface area (TPSA) is 37.3 Å². The SMILES string of the molecule is CC(=O)[C@@]12[CH-]C[C@]3(C)C(=CCC4C5(C)CC[C@H](O)[C-](C)[C@@H]5CC[C@@]43C)C1CC(C)(C)CC2.[V].[W]. The van der Waals surface area contributed by atoms with Crippen LogP contribution >= 0.6 is 0 Å². The molecule has 4 heteroatoms. The summed E-state index contributed by atoms with van der Waals surface area (Å²) < 4.78 is 0. The van der Waals surface area contributed by atoms with E-state index in [-0.39, 0.29) is 67.4 Å². The van der Waals surface area contributed by atoms with Crippen molar-refractivity contribution in [2.24, 2.45) is 44.8 Å². The molecule has 4 saturated carbocycles. The molecule has 5 rings (SSSR count). The monoisotopic (exact) mass is 673 g/mol. The van der Waals surface area contributed by atoms with Crippen LogP contribution in [0.4, 0.5) is 0 Å². The van der Waals surface area contributed by atoms with Crippen LogP contribution < -0.4 is 0 Å². The molecule has 1 radical (unpaired) electrons. The molecule has 1 N–H and O–H groups in total. The van der Waals surface area contributed by atoms with Crippen molar-refractivity contribution in [3.63, 3.8) is 0 Å². The quantitative estimate of drug-likeness (QED) is 0.238. The summed E-state index contributed by atoms with van der Waals surface area (Å²) in [7, 11) is 0. The van der Waals surface area contributed by atoms with Crippen LogP contribution in [-0.4, -0.2) is 17.0 Å². The van der Waals surface area contributed by atoms with Crippen LogP contribution in [0.2, 0.25) is 0 Å². The summed E-state index contributed by atoms with van der Waals surface area (Å²) in [6.07, 6.45) is 15.0. The van der Waals surface area contributed by atoms with Crippen molar-refractivity contribution in [3.05, 3.63) is 24.0 Å². The smallest absolute Gasteiger partial charge is 0.106 e. The number of carbonyl (C=O) groups excluding carboxylic acids is 1. The van der Waals surface area contributed by atoms with Crippen molar-refractivity contribution in [2.75, 3.05) is 0 Å². The van der Waals surface area contributed by atoms with Crippen LogP contribution in [0.1, 0.15) is 106 Å². The Morgan fingerprint density at radius 1 is 1.09 bits per heavy atom. The summed E-state index contributed by atoms with van der Waals surface area (Å²) in [5.74, 6) is 3.34. The second-order valence-corrected chi connectivity index (χ2v) is 14.0. The third-order valence-corrected chi connectivity index (χ3v) is 12.3. The number of fused-ring (bicyclic) bond motifs is 7. The molecule has 0 saturated heterocycles. The van der Waals surface area contributed by atoms with E-state index in [1.54, 1.807) is 5.57 Å². The molecule has 0 amide bonds. The van der Waals surface area contributed by atoms with Gasteiger partial charge in [0.25, 0.3) is 0 Å². The first kappa shape index (κ1) is 29.2. The average molecular weight is 673 g/mol. The molecule has 0 spiro atoms. The maximum Gasteiger partial charge on any atom is 0.106 e. The number of allylic oxidation sites excluding steroid dienone is 2. The minimum atomic E-state index is -0.232. The molecule has 0 heterocycles. The Kier molecular flexibility index (Phi) is 7.85. The van der Waals surface area contributed by atoms with E-state index in [0.29, 0.717) is 29.0 Å². The zero-order valence-electron chi connectivity index (χ0n) is 22.5. The van der Waals surface area contributed by atoms with Gasteiger partial charge in [0, 0.05) is 39.6 Å². The van der Waals surface area contributed by atoms with Gasteiger partial charge in [-0.15, -0.1) is 0 Å². The van der Waals surface area contributed by atoms with Gasteiger partial charge in [-0.3, -0.25) is 5.92 Å². The molecule has 8 atom stereocenters. The Morgan fingerprint density at radius 3 is 2.41 bits per heavy atom. The average Bonchev–Trinajstić information content (AvgIpc) is 2.71. The summed E-state index contributed by atoms with van der Waals surface area (Å²) in [6.45, 7) is 16.6. The summed E-state index contributed by atoms with van der Waals surface area (Å²) in [4.78, 5) is 13.1. The van der Waals surface area contributed by atoms with Gasteiger partial charge in [-0.1, -0.05) is 82.5 Å². The van der Waals surface area contributed by atoms with Crippen molar-refractivity contribution < 1.29 is 49.5 Å². The van der Waals surface area contributed by atoms with Crippen molar-refractivity contribution in [1.29, 1.82) is 0 Å². The molecule has 0 aromatic heterocycles. The molecule has 0 bridgehead atoms. The second-order valence-electron chi connectivity index (χ2n) is 14.0. The third-order valence-electron chi connectivity index (χ3n) is 12.3. The minimum Gasteiger partial charge on any atom is -0.425 e. The molecule has 5 aliphatic rings. The van der Waals surface area contributed by atoms with Crippen LogP contribution in [0, 0.1) is 57.2 Å². The fourth-order valence-corrected chi connectivity index (χ4v) is 9.93. The number of rotatable bonds is 1. The van der Waals surface area contributed by atoms with Crippen molar-refractivity contribution in [1.82, 2.24) is 0 Å².